The topological polar surface area (TPSA) is 186 Å². The Labute approximate surface area is 341 Å². The number of hydrogen-bond acceptors (Lipinski definition) is 12. The SMILES string of the molecule is CC[C@@H]1C[C@]1(NC(=O)[C@@H]1C[C@@H](Oc2nc(-c3ccc(C(F)(F)F)cc3)nc3c2oc2ccccc23)CN1C(=O)[C@@H](Nc1nc(C)cs1)C(C)C)C(=O)NS(=O)(=O)C1CC1. The van der Waals surface area contributed by atoms with Crippen molar-refractivity contribution in [2.75, 3.05) is 11.9 Å². The van der Waals surface area contributed by atoms with Gasteiger partial charge in [0.25, 0.3) is 11.8 Å². The highest BCUT2D eigenvalue weighted by atomic mass is 32.2. The van der Waals surface area contributed by atoms with Gasteiger partial charge in [0.1, 0.15) is 34.8 Å². The molecule has 3 amide bonds. The van der Waals surface area contributed by atoms with Gasteiger partial charge in [-0.25, -0.2) is 18.4 Å². The number of para-hydroxylation sites is 1. The predicted octanol–water partition coefficient (Wildman–Crippen LogP) is 6.21. The van der Waals surface area contributed by atoms with E-state index in [0.717, 1.165) is 17.8 Å². The number of furan rings is 1. The van der Waals surface area contributed by atoms with E-state index in [0.29, 0.717) is 40.9 Å². The zero-order valence-corrected chi connectivity index (χ0v) is 34.1. The first-order chi connectivity index (χ1) is 28.0. The van der Waals surface area contributed by atoms with E-state index in [9.17, 15) is 36.0 Å². The highest BCUT2D eigenvalue weighted by Gasteiger charge is 2.62. The number of anilines is 1. The number of fused-ring (bicyclic) bond motifs is 3. The number of likely N-dealkylation sites (tertiary alicyclic amines) is 1. The summed E-state index contributed by atoms with van der Waals surface area (Å²) in [6.07, 6.45) is -3.88. The van der Waals surface area contributed by atoms with Gasteiger partial charge in [-0.15, -0.1) is 11.3 Å². The molecular weight excluding hydrogens is 812 g/mol. The van der Waals surface area contributed by atoms with Crippen LogP contribution < -0.4 is 20.1 Å². The smallest absolute Gasteiger partial charge is 0.416 e. The van der Waals surface area contributed by atoms with Crippen molar-refractivity contribution < 1.29 is 45.1 Å². The number of rotatable bonds is 13. The number of hydrogen-bond donors (Lipinski definition) is 3. The van der Waals surface area contributed by atoms with Crippen LogP contribution in [0.5, 0.6) is 5.88 Å². The van der Waals surface area contributed by atoms with Crippen molar-refractivity contribution in [2.24, 2.45) is 11.8 Å². The molecule has 312 valence electrons. The standard InChI is InChI=1S/C40H42F3N7O7S2/c1-5-23-17-39(23,37(53)49-59(54,55)26-14-15-26)48-34(51)28-16-25(18-50(28)36(52)30(20(2)3)46-38-44-21(4)19-58-38)56-35-32-31(27-8-6-7-9-29(27)57-32)45-33(47-35)22-10-12-24(13-11-22)40(41,42)43/h6-13,19-20,23,25-26,28,30H,5,14-18H2,1-4H3,(H,44,46)(H,48,51)(H,49,53)/t23-,25-,28+,30+,39-/m1/s1. The van der Waals surface area contributed by atoms with Crippen LogP contribution in [-0.4, -0.2) is 81.5 Å². The number of carbonyl (C=O) groups is 3. The maximum Gasteiger partial charge on any atom is 0.416 e. The average Bonchev–Trinajstić information content (AvgIpc) is 4.04. The third-order valence-corrected chi connectivity index (χ3v) is 13.9. The first-order valence-electron chi connectivity index (χ1n) is 19.4. The van der Waals surface area contributed by atoms with Crippen LogP contribution in [0.2, 0.25) is 0 Å². The molecule has 2 aliphatic carbocycles. The summed E-state index contributed by atoms with van der Waals surface area (Å²) in [5.74, 6) is -2.49. The number of aryl methyl sites for hydroxylation is 1. The Morgan fingerprint density at radius 1 is 1.07 bits per heavy atom. The van der Waals surface area contributed by atoms with Gasteiger partial charge in [-0.3, -0.25) is 19.1 Å². The van der Waals surface area contributed by atoms with Gasteiger partial charge in [-0.05, 0) is 62.3 Å². The number of nitrogens with one attached hydrogen (secondary N) is 3. The van der Waals surface area contributed by atoms with E-state index in [1.807, 2.05) is 33.1 Å². The molecule has 3 aliphatic rings. The molecule has 5 aromatic rings. The van der Waals surface area contributed by atoms with Gasteiger partial charge in [-0.1, -0.05) is 51.5 Å². The Hall–Kier alpha value is -5.30. The molecule has 3 N–H and O–H groups in total. The minimum Gasteiger partial charge on any atom is -0.470 e. The minimum atomic E-state index is -4.55. The molecule has 0 spiro atoms. The van der Waals surface area contributed by atoms with E-state index in [-0.39, 0.29) is 54.1 Å². The second-order valence-corrected chi connectivity index (χ2v) is 18.6. The molecule has 8 rings (SSSR count). The summed E-state index contributed by atoms with van der Waals surface area (Å²) in [6, 6.07) is 9.45. The highest BCUT2D eigenvalue weighted by molar-refractivity contribution is 7.91. The van der Waals surface area contributed by atoms with Crippen molar-refractivity contribution in [3.63, 3.8) is 0 Å². The number of amides is 3. The van der Waals surface area contributed by atoms with Crippen LogP contribution in [0, 0.1) is 18.8 Å². The molecule has 2 aromatic carbocycles. The molecule has 2 saturated carbocycles. The lowest BCUT2D eigenvalue weighted by Crippen LogP contribution is -2.58. The molecule has 1 aliphatic heterocycles. The fourth-order valence-corrected chi connectivity index (χ4v) is 9.75. The van der Waals surface area contributed by atoms with Crippen molar-refractivity contribution >= 4 is 66.3 Å². The average molecular weight is 854 g/mol. The summed E-state index contributed by atoms with van der Waals surface area (Å²) in [5.41, 5.74) is -0.329. The van der Waals surface area contributed by atoms with Gasteiger partial charge < -0.3 is 24.7 Å². The van der Waals surface area contributed by atoms with E-state index in [4.69, 9.17) is 9.15 Å². The van der Waals surface area contributed by atoms with Crippen LogP contribution in [0.1, 0.15) is 64.1 Å². The van der Waals surface area contributed by atoms with Crippen LogP contribution >= 0.6 is 11.3 Å². The highest BCUT2D eigenvalue weighted by Crippen LogP contribution is 2.47. The lowest BCUT2D eigenvalue weighted by atomic mass is 10.0. The van der Waals surface area contributed by atoms with Gasteiger partial charge in [0.2, 0.25) is 27.4 Å². The summed E-state index contributed by atoms with van der Waals surface area (Å²) in [6.45, 7) is 7.27. The van der Waals surface area contributed by atoms with E-state index in [1.54, 1.807) is 24.3 Å². The first kappa shape index (κ1) is 40.5. The number of carbonyl (C=O) groups excluding carboxylic acids is 3. The summed E-state index contributed by atoms with van der Waals surface area (Å²) < 4.78 is 80.8. The molecule has 5 atom stereocenters. The number of nitrogens with zero attached hydrogens (tertiary/aromatic N) is 4. The predicted molar refractivity (Wildman–Crippen MR) is 213 cm³/mol. The van der Waals surface area contributed by atoms with E-state index in [2.05, 4.69) is 30.3 Å². The lowest BCUT2D eigenvalue weighted by Gasteiger charge is -2.31. The molecule has 3 fully saturated rings. The normalized spacial score (nSPS) is 22.4. The van der Waals surface area contributed by atoms with Crippen LogP contribution in [0.4, 0.5) is 18.3 Å². The Balaban J connectivity index is 1.14. The zero-order chi connectivity index (χ0) is 42.0. The second-order valence-electron chi connectivity index (χ2n) is 15.8. The van der Waals surface area contributed by atoms with Crippen LogP contribution in [0.15, 0.2) is 58.3 Å². The van der Waals surface area contributed by atoms with Crippen LogP contribution in [0.3, 0.4) is 0 Å². The van der Waals surface area contributed by atoms with Gasteiger partial charge in [0, 0.05) is 22.8 Å². The minimum absolute atomic E-state index is 0.0503. The largest absolute Gasteiger partial charge is 0.470 e. The number of benzene rings is 2. The Bertz CT molecular complexity index is 2560. The van der Waals surface area contributed by atoms with Crippen molar-refractivity contribution in [1.29, 1.82) is 0 Å². The fraction of sp³-hybridized carbons (Fsp3) is 0.450. The van der Waals surface area contributed by atoms with Crippen molar-refractivity contribution in [1.82, 2.24) is 29.9 Å². The summed E-state index contributed by atoms with van der Waals surface area (Å²) in [7, 11) is -3.91. The number of halogens is 3. The van der Waals surface area contributed by atoms with Crippen LogP contribution in [0.25, 0.3) is 33.5 Å². The Morgan fingerprint density at radius 2 is 1.80 bits per heavy atom. The maximum absolute atomic E-state index is 14.6. The number of alkyl halides is 3. The van der Waals surface area contributed by atoms with Crippen molar-refractivity contribution in [3.8, 4) is 17.3 Å². The Morgan fingerprint density at radius 3 is 2.42 bits per heavy atom. The van der Waals surface area contributed by atoms with Crippen LogP contribution in [-0.2, 0) is 30.6 Å². The van der Waals surface area contributed by atoms with Crippen molar-refractivity contribution in [3.05, 3.63) is 65.2 Å². The van der Waals surface area contributed by atoms with E-state index < -0.39 is 68.5 Å². The lowest BCUT2D eigenvalue weighted by molar-refractivity contribution is -0.140. The molecule has 59 heavy (non-hydrogen) atoms. The maximum atomic E-state index is 14.6. The molecule has 4 heterocycles. The monoisotopic (exact) mass is 853 g/mol. The summed E-state index contributed by atoms with van der Waals surface area (Å²) in [4.78, 5) is 57.8. The van der Waals surface area contributed by atoms with Crippen molar-refractivity contribution in [2.45, 2.75) is 95.0 Å². The number of sulfonamides is 1. The summed E-state index contributed by atoms with van der Waals surface area (Å²) in [5, 5.41) is 8.39. The molecular formula is C40H42F3N7O7S2. The molecule has 1 saturated heterocycles. The third-order valence-electron chi connectivity index (χ3n) is 11.2. The number of aromatic nitrogens is 3. The van der Waals surface area contributed by atoms with Gasteiger partial charge in [0.15, 0.2) is 11.0 Å². The molecule has 0 unspecified atom stereocenters. The van der Waals surface area contributed by atoms with Gasteiger partial charge in [-0.2, -0.15) is 18.2 Å². The quantitative estimate of drug-likeness (QED) is 0.122. The molecule has 14 nitrogen and oxygen atoms in total. The molecule has 19 heteroatoms. The molecule has 0 radical (unpaired) electrons. The van der Waals surface area contributed by atoms with E-state index in [1.165, 1.54) is 28.4 Å². The Kier molecular flexibility index (Phi) is 10.3. The van der Waals surface area contributed by atoms with Gasteiger partial charge in [0.05, 0.1) is 23.1 Å². The third kappa shape index (κ3) is 7.93. The first-order valence-corrected chi connectivity index (χ1v) is 21.8. The number of thiazole rings is 1. The summed E-state index contributed by atoms with van der Waals surface area (Å²) >= 11 is 1.33. The molecule has 3 aromatic heterocycles. The fourth-order valence-electron chi connectivity index (χ4n) is 7.66. The zero-order valence-electron chi connectivity index (χ0n) is 32.5. The van der Waals surface area contributed by atoms with E-state index >= 15 is 0 Å². The van der Waals surface area contributed by atoms with Gasteiger partial charge >= 0.3 is 6.18 Å². The second kappa shape index (κ2) is 15.1. The molecule has 0 bridgehead atoms. The number of ether oxygens (including phenoxy) is 1.